The van der Waals surface area contributed by atoms with Crippen molar-refractivity contribution in [2.24, 2.45) is 5.73 Å². The molecular formula is C15H21N3O. The Hall–Kier alpha value is -1.42. The van der Waals surface area contributed by atoms with Crippen LogP contribution >= 0.6 is 0 Å². The second-order valence-electron chi connectivity index (χ2n) is 5.94. The summed E-state index contributed by atoms with van der Waals surface area (Å²) in [5, 5.41) is 3.51. The van der Waals surface area contributed by atoms with Gasteiger partial charge in [0, 0.05) is 18.4 Å². The minimum absolute atomic E-state index is 0.184. The zero-order chi connectivity index (χ0) is 13.3. The number of pyridine rings is 1. The van der Waals surface area contributed by atoms with Crippen LogP contribution in [0.1, 0.15) is 50.0 Å². The van der Waals surface area contributed by atoms with Crippen LogP contribution in [0.4, 0.5) is 0 Å². The third-order valence-electron chi connectivity index (χ3n) is 4.53. The summed E-state index contributed by atoms with van der Waals surface area (Å²) >= 11 is 0. The van der Waals surface area contributed by atoms with Crippen molar-refractivity contribution in [3.8, 4) is 0 Å². The van der Waals surface area contributed by atoms with Crippen molar-refractivity contribution < 1.29 is 4.79 Å². The van der Waals surface area contributed by atoms with Crippen LogP contribution in [-0.4, -0.2) is 22.5 Å². The van der Waals surface area contributed by atoms with Gasteiger partial charge in [0.05, 0.1) is 5.54 Å². The topological polar surface area (TPSA) is 68.0 Å². The highest BCUT2D eigenvalue weighted by Crippen LogP contribution is 2.39. The third-order valence-corrected chi connectivity index (χ3v) is 4.53. The zero-order valence-corrected chi connectivity index (χ0v) is 11.1. The quantitative estimate of drug-likeness (QED) is 0.865. The first-order valence-electron chi connectivity index (χ1n) is 7.17. The lowest BCUT2D eigenvalue weighted by Gasteiger charge is -2.32. The van der Waals surface area contributed by atoms with Crippen molar-refractivity contribution in [1.82, 2.24) is 10.3 Å². The highest BCUT2D eigenvalue weighted by atomic mass is 16.1. The average Bonchev–Trinajstić information content (AvgIpc) is 3.21. The van der Waals surface area contributed by atoms with E-state index in [-0.39, 0.29) is 11.4 Å². The number of carbonyl (C=O) groups is 1. The molecule has 1 aromatic heterocycles. The van der Waals surface area contributed by atoms with E-state index in [0.29, 0.717) is 12.0 Å². The van der Waals surface area contributed by atoms with Gasteiger partial charge in [-0.1, -0.05) is 12.5 Å². The maximum Gasteiger partial charge on any atom is 0.237 e. The van der Waals surface area contributed by atoms with Crippen LogP contribution in [0.5, 0.6) is 0 Å². The Balaban J connectivity index is 1.64. The lowest BCUT2D eigenvalue weighted by atomic mass is 9.81. The van der Waals surface area contributed by atoms with E-state index >= 15 is 0 Å². The fraction of sp³-hybridized carbons (Fsp3) is 0.600. The predicted octanol–water partition coefficient (Wildman–Crippen LogP) is 1.72. The van der Waals surface area contributed by atoms with Crippen molar-refractivity contribution in [2.75, 3.05) is 0 Å². The van der Waals surface area contributed by atoms with E-state index in [9.17, 15) is 4.79 Å². The fourth-order valence-electron chi connectivity index (χ4n) is 3.22. The third kappa shape index (κ3) is 2.63. The molecule has 19 heavy (non-hydrogen) atoms. The standard InChI is InChI=1S/C15H21N3O/c16-14(19)15(6-7-15)18-13-5-1-3-11(9-13)12-4-2-8-17-10-12/h2,4,8,10-11,13,18H,1,3,5-7,9H2,(H2,16,19)/t11-,13+/m0/s1. The number of nitrogens with one attached hydrogen (secondary N) is 1. The van der Waals surface area contributed by atoms with Gasteiger partial charge in [0.2, 0.25) is 5.91 Å². The van der Waals surface area contributed by atoms with Gasteiger partial charge in [-0.05, 0) is 49.7 Å². The summed E-state index contributed by atoms with van der Waals surface area (Å²) in [7, 11) is 0. The van der Waals surface area contributed by atoms with E-state index in [4.69, 9.17) is 5.73 Å². The number of aromatic nitrogens is 1. The van der Waals surface area contributed by atoms with E-state index in [1.165, 1.54) is 18.4 Å². The molecule has 0 aromatic carbocycles. The fourth-order valence-corrected chi connectivity index (χ4v) is 3.22. The SMILES string of the molecule is NC(=O)C1(N[C@@H]2CCC[C@H](c3cccnc3)C2)CC1. The van der Waals surface area contributed by atoms with Crippen LogP contribution in [0.2, 0.25) is 0 Å². The molecule has 0 unspecified atom stereocenters. The number of hydrogen-bond acceptors (Lipinski definition) is 3. The van der Waals surface area contributed by atoms with E-state index in [2.05, 4.69) is 16.4 Å². The molecule has 3 rings (SSSR count). The van der Waals surface area contributed by atoms with Crippen LogP contribution in [0, 0.1) is 0 Å². The zero-order valence-electron chi connectivity index (χ0n) is 11.1. The van der Waals surface area contributed by atoms with Gasteiger partial charge in [0.1, 0.15) is 0 Å². The summed E-state index contributed by atoms with van der Waals surface area (Å²) in [6.45, 7) is 0. The second kappa shape index (κ2) is 4.93. The predicted molar refractivity (Wildman–Crippen MR) is 73.5 cm³/mol. The Morgan fingerprint density at radius 2 is 2.26 bits per heavy atom. The molecule has 4 heteroatoms. The smallest absolute Gasteiger partial charge is 0.237 e. The molecule has 0 radical (unpaired) electrons. The first-order valence-corrected chi connectivity index (χ1v) is 7.17. The summed E-state index contributed by atoms with van der Waals surface area (Å²) in [5.41, 5.74) is 6.41. The molecule has 1 amide bonds. The van der Waals surface area contributed by atoms with Crippen LogP contribution in [0.25, 0.3) is 0 Å². The van der Waals surface area contributed by atoms with Gasteiger partial charge >= 0.3 is 0 Å². The lowest BCUT2D eigenvalue weighted by molar-refractivity contribution is -0.121. The molecule has 2 atom stereocenters. The number of rotatable bonds is 4. The van der Waals surface area contributed by atoms with Gasteiger partial charge in [0.25, 0.3) is 0 Å². The maximum atomic E-state index is 11.5. The molecule has 2 aliphatic rings. The number of carbonyl (C=O) groups excluding carboxylic acids is 1. The summed E-state index contributed by atoms with van der Waals surface area (Å²) in [6.07, 6.45) is 10.2. The van der Waals surface area contributed by atoms with E-state index in [1.54, 1.807) is 0 Å². The van der Waals surface area contributed by atoms with Gasteiger partial charge in [-0.3, -0.25) is 9.78 Å². The average molecular weight is 259 g/mol. The highest BCUT2D eigenvalue weighted by molar-refractivity contribution is 5.87. The maximum absolute atomic E-state index is 11.5. The minimum atomic E-state index is -0.387. The molecule has 2 saturated carbocycles. The monoisotopic (exact) mass is 259 g/mol. The van der Waals surface area contributed by atoms with Gasteiger partial charge in [-0.25, -0.2) is 0 Å². The molecule has 0 saturated heterocycles. The lowest BCUT2D eigenvalue weighted by Crippen LogP contribution is -2.49. The molecule has 102 valence electrons. The molecule has 1 aromatic rings. The van der Waals surface area contributed by atoms with Gasteiger partial charge in [-0.15, -0.1) is 0 Å². The normalized spacial score (nSPS) is 28.8. The second-order valence-corrected chi connectivity index (χ2v) is 5.94. The van der Waals surface area contributed by atoms with Crippen LogP contribution < -0.4 is 11.1 Å². The number of hydrogen-bond donors (Lipinski definition) is 2. The van der Waals surface area contributed by atoms with Crippen LogP contribution in [0.15, 0.2) is 24.5 Å². The Morgan fingerprint density at radius 3 is 2.89 bits per heavy atom. The summed E-state index contributed by atoms with van der Waals surface area (Å²) in [6, 6.07) is 4.56. The number of nitrogens with two attached hydrogens (primary N) is 1. The van der Waals surface area contributed by atoms with E-state index in [1.807, 2.05) is 18.5 Å². The van der Waals surface area contributed by atoms with Crippen molar-refractivity contribution in [3.63, 3.8) is 0 Å². The molecule has 0 spiro atoms. The molecule has 0 bridgehead atoms. The Morgan fingerprint density at radius 1 is 1.42 bits per heavy atom. The first-order chi connectivity index (χ1) is 9.20. The first kappa shape index (κ1) is 12.6. The van der Waals surface area contributed by atoms with Crippen molar-refractivity contribution in [2.45, 2.75) is 56.0 Å². The van der Waals surface area contributed by atoms with E-state index in [0.717, 1.165) is 25.7 Å². The van der Waals surface area contributed by atoms with Gasteiger partial charge < -0.3 is 11.1 Å². The largest absolute Gasteiger partial charge is 0.368 e. The van der Waals surface area contributed by atoms with Crippen molar-refractivity contribution >= 4 is 5.91 Å². The Labute approximate surface area is 113 Å². The minimum Gasteiger partial charge on any atom is -0.368 e. The van der Waals surface area contributed by atoms with Crippen molar-refractivity contribution in [3.05, 3.63) is 30.1 Å². The number of amides is 1. The molecule has 1 heterocycles. The highest BCUT2D eigenvalue weighted by Gasteiger charge is 2.49. The number of primary amides is 1. The van der Waals surface area contributed by atoms with Crippen LogP contribution in [-0.2, 0) is 4.79 Å². The molecule has 2 fully saturated rings. The van der Waals surface area contributed by atoms with Gasteiger partial charge in [-0.2, -0.15) is 0 Å². The molecule has 4 nitrogen and oxygen atoms in total. The summed E-state index contributed by atoms with van der Waals surface area (Å²) in [5.74, 6) is 0.375. The molecular weight excluding hydrogens is 238 g/mol. The molecule has 3 N–H and O–H groups in total. The summed E-state index contributed by atoms with van der Waals surface area (Å²) < 4.78 is 0. The number of nitrogens with zero attached hydrogens (tertiary/aromatic N) is 1. The Kier molecular flexibility index (Phi) is 3.27. The molecule has 0 aliphatic heterocycles. The van der Waals surface area contributed by atoms with Crippen LogP contribution in [0.3, 0.4) is 0 Å². The van der Waals surface area contributed by atoms with Gasteiger partial charge in [0.15, 0.2) is 0 Å². The Bertz CT molecular complexity index is 456. The van der Waals surface area contributed by atoms with E-state index < -0.39 is 0 Å². The molecule has 2 aliphatic carbocycles. The van der Waals surface area contributed by atoms with Crippen molar-refractivity contribution in [1.29, 1.82) is 0 Å². The summed E-state index contributed by atoms with van der Waals surface area (Å²) in [4.78, 5) is 15.7.